The third kappa shape index (κ3) is 4.14. The van der Waals surface area contributed by atoms with Gasteiger partial charge in [-0.2, -0.15) is 0 Å². The quantitative estimate of drug-likeness (QED) is 0.412. The number of amides is 1. The number of benzene rings is 1. The van der Waals surface area contributed by atoms with Crippen LogP contribution in [0.2, 0.25) is 0 Å². The number of aromatic carboxylic acids is 1. The Morgan fingerprint density at radius 3 is 2.79 bits per heavy atom. The van der Waals surface area contributed by atoms with E-state index in [2.05, 4.69) is 10.3 Å². The summed E-state index contributed by atoms with van der Waals surface area (Å²) in [6.07, 6.45) is 1.88. The highest BCUT2D eigenvalue weighted by Crippen LogP contribution is 2.30. The average molecular weight is 384 g/mol. The van der Waals surface area contributed by atoms with Crippen molar-refractivity contribution in [2.75, 3.05) is 0 Å². The average Bonchev–Trinajstić information content (AvgIpc) is 2.67. The van der Waals surface area contributed by atoms with Gasteiger partial charge in [-0.3, -0.25) is 9.78 Å². The molecule has 7 N–H and O–H groups in total. The summed E-state index contributed by atoms with van der Waals surface area (Å²) in [6, 6.07) is 6.49. The van der Waals surface area contributed by atoms with Gasteiger partial charge >= 0.3 is 13.1 Å². The Morgan fingerprint density at radius 1 is 1.32 bits per heavy atom. The maximum atomic E-state index is 12.4. The largest absolute Gasteiger partial charge is 0.547 e. The zero-order chi connectivity index (χ0) is 20.3. The second-order valence-electron chi connectivity index (χ2n) is 6.52. The number of aromatic nitrogens is 1. The van der Waals surface area contributed by atoms with Gasteiger partial charge in [-0.1, -0.05) is 18.2 Å². The van der Waals surface area contributed by atoms with Gasteiger partial charge in [0.15, 0.2) is 0 Å². The number of hydrogen-bond acceptors (Lipinski definition) is 7. The molecule has 28 heavy (non-hydrogen) atoms. The van der Waals surface area contributed by atoms with Gasteiger partial charge in [0.2, 0.25) is 5.91 Å². The number of fused-ring (bicyclic) bond motifs is 1. The van der Waals surface area contributed by atoms with Crippen molar-refractivity contribution in [1.82, 2.24) is 10.3 Å². The molecule has 0 radical (unpaired) electrons. The molecule has 0 fully saturated rings. The fraction of sp³-hybridized carbons (Fsp3) is 0.278. The molecular formula is C18H21BN4O5. The molecule has 0 spiro atoms. The van der Waals surface area contributed by atoms with Crippen molar-refractivity contribution in [3.8, 4) is 5.75 Å². The van der Waals surface area contributed by atoms with Gasteiger partial charge in [0.25, 0.3) is 0 Å². The van der Waals surface area contributed by atoms with E-state index in [0.29, 0.717) is 16.8 Å². The van der Waals surface area contributed by atoms with Crippen LogP contribution in [0.5, 0.6) is 5.75 Å². The Labute approximate surface area is 161 Å². The summed E-state index contributed by atoms with van der Waals surface area (Å²) in [5.74, 6) is -2.04. The molecule has 2 heterocycles. The molecule has 0 bridgehead atoms. The lowest BCUT2D eigenvalue weighted by Crippen LogP contribution is -2.53. The Morgan fingerprint density at radius 2 is 2.11 bits per heavy atom. The van der Waals surface area contributed by atoms with Crippen LogP contribution in [-0.2, 0) is 30.7 Å². The lowest BCUT2D eigenvalue weighted by molar-refractivity contribution is -0.120. The first kappa shape index (κ1) is 19.8. The van der Waals surface area contributed by atoms with Gasteiger partial charge in [-0.05, 0) is 29.2 Å². The Hall–Kier alpha value is -2.95. The SMILES string of the molecule is NCc1cc(CC(=O)N[C@H]2Cc3cccc(C(=O)O)c3OB2O)cnc1CN. The van der Waals surface area contributed by atoms with Crippen LogP contribution in [0, 0.1) is 0 Å². The lowest BCUT2D eigenvalue weighted by Gasteiger charge is -2.28. The van der Waals surface area contributed by atoms with Gasteiger partial charge in [0.1, 0.15) is 5.75 Å². The van der Waals surface area contributed by atoms with Crippen LogP contribution in [-0.4, -0.2) is 40.1 Å². The van der Waals surface area contributed by atoms with Crippen LogP contribution in [0.1, 0.15) is 32.7 Å². The van der Waals surface area contributed by atoms with E-state index in [4.69, 9.17) is 16.1 Å². The van der Waals surface area contributed by atoms with Crippen LogP contribution in [0.4, 0.5) is 0 Å². The number of carbonyl (C=O) groups excluding carboxylic acids is 1. The van der Waals surface area contributed by atoms with Gasteiger partial charge < -0.3 is 31.6 Å². The molecule has 0 saturated heterocycles. The van der Waals surface area contributed by atoms with E-state index in [1.54, 1.807) is 24.4 Å². The summed E-state index contributed by atoms with van der Waals surface area (Å²) < 4.78 is 5.37. The summed E-state index contributed by atoms with van der Waals surface area (Å²) in [7, 11) is -1.35. The maximum absolute atomic E-state index is 12.4. The maximum Gasteiger partial charge on any atom is 0.547 e. The van der Waals surface area contributed by atoms with Crippen LogP contribution < -0.4 is 21.4 Å². The second kappa shape index (κ2) is 8.38. The number of pyridine rings is 1. The van der Waals surface area contributed by atoms with Crippen molar-refractivity contribution < 1.29 is 24.4 Å². The molecule has 1 aromatic heterocycles. The molecule has 146 valence electrons. The fourth-order valence-corrected chi connectivity index (χ4v) is 3.20. The lowest BCUT2D eigenvalue weighted by atomic mass is 9.72. The number of nitrogens with one attached hydrogen (secondary N) is 1. The normalized spacial score (nSPS) is 15.5. The zero-order valence-electron chi connectivity index (χ0n) is 15.1. The Bertz CT molecular complexity index is 908. The van der Waals surface area contributed by atoms with Gasteiger partial charge in [-0.25, -0.2) is 4.79 Å². The van der Waals surface area contributed by atoms with Gasteiger partial charge in [0, 0.05) is 19.3 Å². The van der Waals surface area contributed by atoms with E-state index in [-0.39, 0.29) is 43.2 Å². The highest BCUT2D eigenvalue weighted by molar-refractivity contribution is 6.47. The van der Waals surface area contributed by atoms with Crippen molar-refractivity contribution in [3.63, 3.8) is 0 Å². The molecule has 10 heteroatoms. The summed E-state index contributed by atoms with van der Waals surface area (Å²) in [4.78, 5) is 27.9. The summed E-state index contributed by atoms with van der Waals surface area (Å²) in [5, 5.41) is 22.2. The number of carboxylic acid groups (broad SMARTS) is 1. The molecule has 1 aromatic carbocycles. The van der Waals surface area contributed by atoms with E-state index in [0.717, 1.165) is 5.56 Å². The van der Waals surface area contributed by atoms with Crippen LogP contribution in [0.3, 0.4) is 0 Å². The molecule has 1 atom stereocenters. The van der Waals surface area contributed by atoms with Crippen molar-refractivity contribution >= 4 is 19.0 Å². The second-order valence-corrected chi connectivity index (χ2v) is 6.52. The standard InChI is InChI=1S/C18H21BN4O5/c20-7-12-4-10(9-22-14(12)8-21)5-16(24)23-15-6-11-2-1-3-13(18(25)26)17(11)28-19(15)27/h1-4,9,15,27H,5-8,20-21H2,(H,23,24)(H,25,26)/t15-/m0/s1. The minimum absolute atomic E-state index is 0.0262. The first-order chi connectivity index (χ1) is 13.4. The monoisotopic (exact) mass is 384 g/mol. The third-order valence-corrected chi connectivity index (χ3v) is 4.59. The zero-order valence-corrected chi connectivity index (χ0v) is 15.1. The molecule has 0 unspecified atom stereocenters. The number of carbonyl (C=O) groups is 2. The molecule has 1 aliphatic heterocycles. The highest BCUT2D eigenvalue weighted by atomic mass is 16.5. The van der Waals surface area contributed by atoms with Crippen molar-refractivity contribution in [2.45, 2.75) is 31.9 Å². The Balaban J connectivity index is 1.70. The number of carboxylic acids is 1. The van der Waals surface area contributed by atoms with Gasteiger partial charge in [-0.15, -0.1) is 0 Å². The number of rotatable bonds is 6. The molecule has 0 saturated carbocycles. The molecule has 1 aliphatic rings. The summed E-state index contributed by atoms with van der Waals surface area (Å²) in [6.45, 7) is 0.537. The highest BCUT2D eigenvalue weighted by Gasteiger charge is 2.37. The third-order valence-electron chi connectivity index (χ3n) is 4.59. The fourth-order valence-electron chi connectivity index (χ4n) is 3.20. The van der Waals surface area contributed by atoms with Crippen LogP contribution in [0.15, 0.2) is 30.5 Å². The molecule has 2 aromatic rings. The number of para-hydroxylation sites is 1. The minimum atomic E-state index is -1.35. The predicted molar refractivity (Wildman–Crippen MR) is 101 cm³/mol. The van der Waals surface area contributed by atoms with E-state index in [1.807, 2.05) is 0 Å². The topological polar surface area (TPSA) is 161 Å². The first-order valence-corrected chi connectivity index (χ1v) is 8.79. The number of nitrogens with zero attached hydrogens (tertiary/aromatic N) is 1. The molecular weight excluding hydrogens is 363 g/mol. The molecule has 1 amide bonds. The predicted octanol–water partition coefficient (Wildman–Crippen LogP) is -0.621. The van der Waals surface area contributed by atoms with Gasteiger partial charge in [0.05, 0.1) is 23.6 Å². The van der Waals surface area contributed by atoms with E-state index < -0.39 is 19.0 Å². The molecule has 0 aliphatic carbocycles. The molecule has 3 rings (SSSR count). The molecule has 9 nitrogen and oxygen atoms in total. The smallest absolute Gasteiger partial charge is 0.534 e. The number of hydrogen-bond donors (Lipinski definition) is 5. The first-order valence-electron chi connectivity index (χ1n) is 8.79. The van der Waals surface area contributed by atoms with E-state index in [9.17, 15) is 19.7 Å². The Kier molecular flexibility index (Phi) is 5.93. The minimum Gasteiger partial charge on any atom is -0.534 e. The van der Waals surface area contributed by atoms with Crippen LogP contribution in [0.25, 0.3) is 0 Å². The van der Waals surface area contributed by atoms with Crippen molar-refractivity contribution in [3.05, 3.63) is 58.4 Å². The van der Waals surface area contributed by atoms with E-state index >= 15 is 0 Å². The summed E-state index contributed by atoms with van der Waals surface area (Å²) >= 11 is 0. The summed E-state index contributed by atoms with van der Waals surface area (Å²) in [5.41, 5.74) is 14.0. The van der Waals surface area contributed by atoms with Crippen molar-refractivity contribution in [1.29, 1.82) is 0 Å². The number of nitrogens with two attached hydrogens (primary N) is 2. The van der Waals surface area contributed by atoms with Crippen molar-refractivity contribution in [2.24, 2.45) is 11.5 Å². The van der Waals surface area contributed by atoms with Crippen LogP contribution >= 0.6 is 0 Å². The van der Waals surface area contributed by atoms with E-state index in [1.165, 1.54) is 6.07 Å².